The number of aromatic nitrogens is 3. The van der Waals surface area contributed by atoms with Gasteiger partial charge in [-0.3, -0.25) is 4.79 Å². The number of ether oxygens (including phenoxy) is 2. The number of rotatable bonds is 12. The molecule has 200 valence electrons. The second-order valence-corrected chi connectivity index (χ2v) is 9.33. The Morgan fingerprint density at radius 3 is 2.54 bits per heavy atom. The summed E-state index contributed by atoms with van der Waals surface area (Å²) in [6.45, 7) is 3.60. The van der Waals surface area contributed by atoms with Gasteiger partial charge in [0.1, 0.15) is 42.2 Å². The molecule has 4 rings (SSSR count). The lowest BCUT2D eigenvalue weighted by atomic mass is 9.93. The second kappa shape index (κ2) is 12.8. The lowest BCUT2D eigenvalue weighted by molar-refractivity contribution is -0.0828. The number of carbonyl (C=O) groups is 1. The zero-order valence-corrected chi connectivity index (χ0v) is 22.1. The Morgan fingerprint density at radius 1 is 1.08 bits per heavy atom. The van der Waals surface area contributed by atoms with Gasteiger partial charge < -0.3 is 9.47 Å². The highest BCUT2D eigenvalue weighted by molar-refractivity contribution is 6.35. The van der Waals surface area contributed by atoms with Gasteiger partial charge in [-0.1, -0.05) is 41.4 Å². The maximum Gasteiger partial charge on any atom is 0.185 e. The Bertz CT molecular complexity index is 1480. The highest BCUT2D eigenvalue weighted by Gasteiger charge is 2.38. The molecule has 0 aliphatic heterocycles. The van der Waals surface area contributed by atoms with Crippen molar-refractivity contribution in [1.29, 1.82) is 0 Å². The van der Waals surface area contributed by atoms with Crippen LogP contribution in [-0.4, -0.2) is 33.8 Å². The van der Waals surface area contributed by atoms with E-state index >= 15 is 4.39 Å². The van der Waals surface area contributed by atoms with Gasteiger partial charge in [0.2, 0.25) is 0 Å². The van der Waals surface area contributed by atoms with Crippen LogP contribution >= 0.6 is 23.2 Å². The van der Waals surface area contributed by atoms with E-state index in [-0.39, 0.29) is 31.1 Å². The third kappa shape index (κ3) is 7.17. The van der Waals surface area contributed by atoms with Gasteiger partial charge >= 0.3 is 0 Å². The van der Waals surface area contributed by atoms with Crippen LogP contribution in [0.2, 0.25) is 10.0 Å². The first-order chi connectivity index (χ1) is 18.8. The van der Waals surface area contributed by atoms with Crippen LogP contribution in [-0.2, 0) is 16.9 Å². The number of ketones is 1. The number of nitrogens with zero attached hydrogens (tertiary/aromatic N) is 3. The van der Waals surface area contributed by atoms with Crippen LogP contribution in [0.25, 0.3) is 6.08 Å². The van der Waals surface area contributed by atoms with Crippen molar-refractivity contribution in [2.75, 3.05) is 13.2 Å². The van der Waals surface area contributed by atoms with Gasteiger partial charge in [-0.15, -0.1) is 6.58 Å². The molecule has 0 radical (unpaired) electrons. The molecule has 0 bridgehead atoms. The van der Waals surface area contributed by atoms with E-state index < -0.39 is 17.2 Å². The lowest BCUT2D eigenvalue weighted by Crippen LogP contribution is -2.42. The topological polar surface area (TPSA) is 66.2 Å². The highest BCUT2D eigenvalue weighted by atomic mass is 35.5. The first kappa shape index (κ1) is 28.2. The third-order valence-corrected chi connectivity index (χ3v) is 6.33. The predicted molar refractivity (Wildman–Crippen MR) is 146 cm³/mol. The molecular formula is C29H23Cl2F2N3O3. The fourth-order valence-electron chi connectivity index (χ4n) is 3.84. The molecule has 0 fully saturated rings. The van der Waals surface area contributed by atoms with Crippen molar-refractivity contribution in [1.82, 2.24) is 14.8 Å². The number of carbonyl (C=O) groups excluding carboxylic acids is 1. The average molecular weight is 570 g/mol. The summed E-state index contributed by atoms with van der Waals surface area (Å²) in [5, 5.41) is 5.04. The molecule has 0 saturated carbocycles. The summed E-state index contributed by atoms with van der Waals surface area (Å²) in [4.78, 5) is 16.6. The fraction of sp³-hybridized carbons (Fsp3) is 0.138. The molecule has 0 saturated heterocycles. The van der Waals surface area contributed by atoms with Gasteiger partial charge in [-0.05, 0) is 60.2 Å². The molecule has 4 aromatic rings. The fourth-order valence-corrected chi connectivity index (χ4v) is 4.31. The number of benzene rings is 3. The van der Waals surface area contributed by atoms with E-state index in [0.29, 0.717) is 26.9 Å². The maximum absolute atomic E-state index is 15.0. The Morgan fingerprint density at radius 2 is 1.87 bits per heavy atom. The standard InChI is InChI=1S/C29H23Cl2F2N3O3/c1-2-13-39-29(16-36-19-34-18-35-36,25-11-8-23(32)15-27(25)33)17-38-24-9-4-21(5-10-24)28(37)12-6-20-3-7-22(30)14-26(20)31/h2-12,14-15,18-19H,1,13,16-17H2/b12-6+. The van der Waals surface area contributed by atoms with Gasteiger partial charge in [0.15, 0.2) is 5.78 Å². The smallest absolute Gasteiger partial charge is 0.185 e. The minimum absolute atomic E-state index is 0.0258. The van der Waals surface area contributed by atoms with Gasteiger partial charge in [0.05, 0.1) is 13.2 Å². The SMILES string of the molecule is C=CCOC(COc1ccc(C(=O)/C=C/c2ccc(Cl)cc2Cl)cc1)(Cn1cncn1)c1ccc(F)cc1F. The van der Waals surface area contributed by atoms with Crippen molar-refractivity contribution in [3.05, 3.63) is 130 Å². The normalized spacial score (nSPS) is 12.8. The van der Waals surface area contributed by atoms with Crippen molar-refractivity contribution in [2.45, 2.75) is 12.1 Å². The summed E-state index contributed by atoms with van der Waals surface area (Å²) < 4.78 is 42.2. The van der Waals surface area contributed by atoms with Crippen molar-refractivity contribution in [3.63, 3.8) is 0 Å². The lowest BCUT2D eigenvalue weighted by Gasteiger charge is -2.34. The summed E-state index contributed by atoms with van der Waals surface area (Å²) in [5.74, 6) is -1.35. The Balaban J connectivity index is 1.54. The van der Waals surface area contributed by atoms with E-state index in [2.05, 4.69) is 16.7 Å². The molecule has 1 unspecified atom stereocenters. The van der Waals surface area contributed by atoms with Crippen LogP contribution in [0, 0.1) is 11.6 Å². The number of hydrogen-bond donors (Lipinski definition) is 0. The zero-order valence-electron chi connectivity index (χ0n) is 20.6. The third-order valence-electron chi connectivity index (χ3n) is 5.77. The summed E-state index contributed by atoms with van der Waals surface area (Å²) in [5.41, 5.74) is -0.246. The van der Waals surface area contributed by atoms with E-state index in [1.54, 1.807) is 48.5 Å². The minimum atomic E-state index is -1.41. The van der Waals surface area contributed by atoms with Crippen molar-refractivity contribution in [3.8, 4) is 5.75 Å². The van der Waals surface area contributed by atoms with Gasteiger partial charge in [-0.25, -0.2) is 18.4 Å². The molecule has 10 heteroatoms. The first-order valence-electron chi connectivity index (χ1n) is 11.7. The van der Waals surface area contributed by atoms with Crippen molar-refractivity contribution in [2.24, 2.45) is 0 Å². The summed E-state index contributed by atoms with van der Waals surface area (Å²) in [6, 6.07) is 14.7. The molecule has 0 spiro atoms. The summed E-state index contributed by atoms with van der Waals surface area (Å²) in [6.07, 6.45) is 7.33. The van der Waals surface area contributed by atoms with Crippen LogP contribution < -0.4 is 4.74 Å². The number of hydrogen-bond acceptors (Lipinski definition) is 5. The monoisotopic (exact) mass is 569 g/mol. The molecule has 0 aliphatic rings. The van der Waals surface area contributed by atoms with Crippen LogP contribution in [0.1, 0.15) is 21.5 Å². The second-order valence-electron chi connectivity index (χ2n) is 8.49. The van der Waals surface area contributed by atoms with Crippen molar-refractivity contribution >= 4 is 35.1 Å². The predicted octanol–water partition coefficient (Wildman–Crippen LogP) is 6.94. The van der Waals surface area contributed by atoms with E-state index in [1.807, 2.05) is 0 Å². The average Bonchev–Trinajstić information content (AvgIpc) is 3.43. The number of allylic oxidation sites excluding steroid dienone is 1. The van der Waals surface area contributed by atoms with Gasteiger partial charge in [-0.2, -0.15) is 5.10 Å². The molecule has 0 N–H and O–H groups in total. The zero-order chi connectivity index (χ0) is 27.8. The van der Waals surface area contributed by atoms with E-state index in [1.165, 1.54) is 35.6 Å². The Hall–Kier alpha value is -3.85. The molecule has 39 heavy (non-hydrogen) atoms. The van der Waals surface area contributed by atoms with Crippen molar-refractivity contribution < 1.29 is 23.0 Å². The van der Waals surface area contributed by atoms with E-state index in [0.717, 1.165) is 12.1 Å². The summed E-state index contributed by atoms with van der Waals surface area (Å²) in [7, 11) is 0. The molecule has 0 aliphatic carbocycles. The first-order valence-corrected chi connectivity index (χ1v) is 12.5. The van der Waals surface area contributed by atoms with E-state index in [4.69, 9.17) is 32.7 Å². The van der Waals surface area contributed by atoms with E-state index in [9.17, 15) is 9.18 Å². The molecule has 6 nitrogen and oxygen atoms in total. The van der Waals surface area contributed by atoms with Gasteiger partial charge in [0.25, 0.3) is 0 Å². The minimum Gasteiger partial charge on any atom is -0.490 e. The van der Waals surface area contributed by atoms with Crippen LogP contribution in [0.4, 0.5) is 8.78 Å². The molecule has 3 aromatic carbocycles. The largest absolute Gasteiger partial charge is 0.490 e. The number of halogens is 4. The Labute approximate surface area is 234 Å². The molecule has 1 aromatic heterocycles. The molecule has 0 amide bonds. The summed E-state index contributed by atoms with van der Waals surface area (Å²) >= 11 is 12.1. The Kier molecular flexibility index (Phi) is 9.24. The maximum atomic E-state index is 15.0. The quantitative estimate of drug-likeness (QED) is 0.105. The highest BCUT2D eigenvalue weighted by Crippen LogP contribution is 2.32. The molecular weight excluding hydrogens is 547 g/mol. The van der Waals surface area contributed by atoms with Crippen LogP contribution in [0.15, 0.2) is 92.0 Å². The van der Waals surface area contributed by atoms with Crippen LogP contribution in [0.3, 0.4) is 0 Å². The van der Waals surface area contributed by atoms with Gasteiger partial charge in [0, 0.05) is 27.2 Å². The molecule has 1 atom stereocenters. The molecule has 1 heterocycles. The van der Waals surface area contributed by atoms with Crippen LogP contribution in [0.5, 0.6) is 5.75 Å².